The van der Waals surface area contributed by atoms with Crippen molar-refractivity contribution in [1.82, 2.24) is 15.5 Å². The van der Waals surface area contributed by atoms with Crippen molar-refractivity contribution in [2.24, 2.45) is 0 Å². The summed E-state index contributed by atoms with van der Waals surface area (Å²) in [6.45, 7) is 0.651. The van der Waals surface area contributed by atoms with Crippen LogP contribution in [0.3, 0.4) is 0 Å². The molecule has 3 rings (SSSR count). The fourth-order valence-corrected chi connectivity index (χ4v) is 3.07. The summed E-state index contributed by atoms with van der Waals surface area (Å²) in [5.41, 5.74) is 1.08. The summed E-state index contributed by atoms with van der Waals surface area (Å²) >= 11 is 1.12. The Kier molecular flexibility index (Phi) is 7.24. The monoisotopic (exact) mass is 427 g/mol. The summed E-state index contributed by atoms with van der Waals surface area (Å²) in [6.07, 6.45) is 0. The zero-order valence-electron chi connectivity index (χ0n) is 16.0. The van der Waals surface area contributed by atoms with Gasteiger partial charge in [0, 0.05) is 18.7 Å². The van der Waals surface area contributed by atoms with E-state index in [1.54, 1.807) is 37.4 Å². The Morgan fingerprint density at radius 2 is 2.03 bits per heavy atom. The molecule has 154 valence electrons. The Bertz CT molecular complexity index is 1050. The molecule has 0 atom stereocenters. The van der Waals surface area contributed by atoms with Gasteiger partial charge in [-0.2, -0.15) is 5.26 Å². The molecule has 0 fully saturated rings. The van der Waals surface area contributed by atoms with Gasteiger partial charge in [-0.1, -0.05) is 17.8 Å². The number of amides is 1. The molecule has 2 N–H and O–H groups in total. The van der Waals surface area contributed by atoms with Crippen molar-refractivity contribution < 1.29 is 18.3 Å². The summed E-state index contributed by atoms with van der Waals surface area (Å²) in [6, 6.07) is 13.3. The van der Waals surface area contributed by atoms with E-state index in [0.717, 1.165) is 23.1 Å². The van der Waals surface area contributed by atoms with Crippen LogP contribution in [0, 0.1) is 17.1 Å². The molecule has 0 bridgehead atoms. The molecule has 3 aromatic rings. The lowest BCUT2D eigenvalue weighted by Crippen LogP contribution is -2.30. The Morgan fingerprint density at radius 1 is 1.23 bits per heavy atom. The number of nitrogens with one attached hydrogen (secondary N) is 2. The lowest BCUT2D eigenvalue weighted by molar-refractivity contribution is -0.118. The maximum Gasteiger partial charge on any atom is 0.277 e. The van der Waals surface area contributed by atoms with Crippen LogP contribution in [0.4, 0.5) is 10.1 Å². The fourth-order valence-electron chi connectivity index (χ4n) is 2.48. The standard InChI is InChI=1S/C20H18FN5O3S/c1-28-14-7-5-13(6-8-14)19-25-26-20(29-19)30-12-18(27)24-10-9-23-17-4-2-3-16(21)15(17)11-22/h2-8,23H,9-10,12H2,1H3,(H,24,27). The second-order valence-electron chi connectivity index (χ2n) is 5.94. The topological polar surface area (TPSA) is 113 Å². The van der Waals surface area contributed by atoms with Crippen molar-refractivity contribution in [3.63, 3.8) is 0 Å². The predicted octanol–water partition coefficient (Wildman–Crippen LogP) is 3.08. The van der Waals surface area contributed by atoms with Gasteiger partial charge in [0.2, 0.25) is 11.8 Å². The van der Waals surface area contributed by atoms with Gasteiger partial charge < -0.3 is 19.8 Å². The van der Waals surface area contributed by atoms with E-state index in [1.807, 2.05) is 6.07 Å². The molecule has 1 aromatic heterocycles. The van der Waals surface area contributed by atoms with Crippen LogP contribution in [0.5, 0.6) is 5.75 Å². The van der Waals surface area contributed by atoms with E-state index in [2.05, 4.69) is 20.8 Å². The van der Waals surface area contributed by atoms with Crippen LogP contribution in [0.1, 0.15) is 5.56 Å². The highest BCUT2D eigenvalue weighted by molar-refractivity contribution is 7.99. The lowest BCUT2D eigenvalue weighted by atomic mass is 10.2. The van der Waals surface area contributed by atoms with Crippen molar-refractivity contribution >= 4 is 23.4 Å². The number of ether oxygens (including phenoxy) is 1. The number of rotatable bonds is 9. The SMILES string of the molecule is COc1ccc(-c2nnc(SCC(=O)NCCNc3cccc(F)c3C#N)o2)cc1. The van der Waals surface area contributed by atoms with Gasteiger partial charge in [0.15, 0.2) is 0 Å². The predicted molar refractivity (Wildman–Crippen MR) is 110 cm³/mol. The highest BCUT2D eigenvalue weighted by atomic mass is 32.2. The van der Waals surface area contributed by atoms with Crippen LogP contribution >= 0.6 is 11.8 Å². The maximum absolute atomic E-state index is 13.5. The van der Waals surface area contributed by atoms with Crippen molar-refractivity contribution in [1.29, 1.82) is 5.26 Å². The second-order valence-corrected chi connectivity index (χ2v) is 6.87. The van der Waals surface area contributed by atoms with Gasteiger partial charge in [0.25, 0.3) is 5.22 Å². The van der Waals surface area contributed by atoms with E-state index in [1.165, 1.54) is 12.1 Å². The third-order valence-corrected chi connectivity index (χ3v) is 4.78. The molecule has 0 saturated carbocycles. The molecule has 0 spiro atoms. The average Bonchev–Trinajstić information content (AvgIpc) is 3.24. The summed E-state index contributed by atoms with van der Waals surface area (Å²) in [5.74, 6) is 0.379. The smallest absolute Gasteiger partial charge is 0.277 e. The minimum atomic E-state index is -0.587. The Balaban J connectivity index is 1.41. The largest absolute Gasteiger partial charge is 0.497 e. The van der Waals surface area contributed by atoms with Crippen molar-refractivity contribution in [2.75, 3.05) is 31.3 Å². The zero-order chi connectivity index (χ0) is 21.3. The van der Waals surface area contributed by atoms with Gasteiger partial charge in [-0.3, -0.25) is 4.79 Å². The number of halogens is 1. The first-order valence-electron chi connectivity index (χ1n) is 8.90. The molecule has 2 aromatic carbocycles. The molecule has 0 saturated heterocycles. The number of hydrogen-bond acceptors (Lipinski definition) is 8. The van der Waals surface area contributed by atoms with Crippen LogP contribution in [0.2, 0.25) is 0 Å². The number of thioether (sulfide) groups is 1. The Morgan fingerprint density at radius 3 is 2.77 bits per heavy atom. The number of hydrogen-bond donors (Lipinski definition) is 2. The number of nitriles is 1. The van der Waals surface area contributed by atoms with E-state index < -0.39 is 5.82 Å². The number of nitrogens with zero attached hydrogens (tertiary/aromatic N) is 3. The number of methoxy groups -OCH3 is 1. The van der Waals surface area contributed by atoms with Crippen LogP contribution < -0.4 is 15.4 Å². The van der Waals surface area contributed by atoms with Crippen molar-refractivity contribution in [3.05, 3.63) is 53.8 Å². The molecular weight excluding hydrogens is 409 g/mol. The molecule has 0 aliphatic heterocycles. The Hall–Kier alpha value is -3.58. The number of carbonyl (C=O) groups excluding carboxylic acids is 1. The van der Waals surface area contributed by atoms with Crippen LogP contribution in [-0.4, -0.2) is 42.1 Å². The quantitative estimate of drug-likeness (QED) is 0.396. The van der Waals surface area contributed by atoms with Crippen LogP contribution in [0.25, 0.3) is 11.5 Å². The number of aromatic nitrogens is 2. The van der Waals surface area contributed by atoms with Gasteiger partial charge in [-0.15, -0.1) is 10.2 Å². The highest BCUT2D eigenvalue weighted by Crippen LogP contribution is 2.24. The van der Waals surface area contributed by atoms with Gasteiger partial charge in [0.1, 0.15) is 23.2 Å². The van der Waals surface area contributed by atoms with Crippen LogP contribution in [-0.2, 0) is 4.79 Å². The van der Waals surface area contributed by atoms with Crippen molar-refractivity contribution in [2.45, 2.75) is 5.22 Å². The normalized spacial score (nSPS) is 10.3. The molecule has 0 aliphatic rings. The first kappa shape index (κ1) is 21.1. The number of benzene rings is 2. The summed E-state index contributed by atoms with van der Waals surface area (Å²) in [5, 5.41) is 22.8. The lowest BCUT2D eigenvalue weighted by Gasteiger charge is -2.09. The molecule has 0 aliphatic carbocycles. The Labute approximate surface area is 176 Å². The van der Waals surface area contributed by atoms with Gasteiger partial charge in [-0.25, -0.2) is 4.39 Å². The third-order valence-electron chi connectivity index (χ3n) is 3.96. The summed E-state index contributed by atoms with van der Waals surface area (Å²) in [7, 11) is 1.59. The van der Waals surface area contributed by atoms with E-state index >= 15 is 0 Å². The average molecular weight is 427 g/mol. The van der Waals surface area contributed by atoms with Crippen molar-refractivity contribution in [3.8, 4) is 23.3 Å². The number of anilines is 1. The maximum atomic E-state index is 13.5. The molecule has 10 heteroatoms. The van der Waals surface area contributed by atoms with Gasteiger partial charge in [-0.05, 0) is 36.4 Å². The van der Waals surface area contributed by atoms with E-state index in [0.29, 0.717) is 24.7 Å². The summed E-state index contributed by atoms with van der Waals surface area (Å²) in [4.78, 5) is 12.0. The molecular formula is C20H18FN5O3S. The minimum absolute atomic E-state index is 0.0524. The zero-order valence-corrected chi connectivity index (χ0v) is 16.8. The summed E-state index contributed by atoms with van der Waals surface area (Å²) < 4.78 is 24.2. The van der Waals surface area contributed by atoms with E-state index in [9.17, 15) is 9.18 Å². The van der Waals surface area contributed by atoms with Gasteiger partial charge >= 0.3 is 0 Å². The van der Waals surface area contributed by atoms with E-state index in [-0.39, 0.29) is 22.4 Å². The van der Waals surface area contributed by atoms with Crippen LogP contribution in [0.15, 0.2) is 52.1 Å². The fraction of sp³-hybridized carbons (Fsp3) is 0.200. The highest BCUT2D eigenvalue weighted by Gasteiger charge is 2.12. The molecule has 1 amide bonds. The molecule has 1 heterocycles. The van der Waals surface area contributed by atoms with E-state index in [4.69, 9.17) is 14.4 Å². The second kappa shape index (κ2) is 10.3. The first-order chi connectivity index (χ1) is 14.6. The molecule has 0 radical (unpaired) electrons. The molecule has 8 nitrogen and oxygen atoms in total. The minimum Gasteiger partial charge on any atom is -0.497 e. The first-order valence-corrected chi connectivity index (χ1v) is 9.89. The molecule has 0 unspecified atom stereocenters. The number of carbonyl (C=O) groups is 1. The third kappa shape index (κ3) is 5.48. The van der Waals surface area contributed by atoms with Gasteiger partial charge in [0.05, 0.1) is 18.6 Å². The molecule has 30 heavy (non-hydrogen) atoms.